The topological polar surface area (TPSA) is 26.0 Å². The molecule has 0 amide bonds. The van der Waals surface area contributed by atoms with Gasteiger partial charge in [-0.3, -0.25) is 0 Å². The van der Waals surface area contributed by atoms with E-state index in [1.165, 1.54) is 21.9 Å². The summed E-state index contributed by atoms with van der Waals surface area (Å²) in [6.45, 7) is 4.14. The average Bonchev–Trinajstić information content (AvgIpc) is 2.33. The molecule has 0 spiro atoms. The second-order valence-electron chi connectivity index (χ2n) is 4.58. The summed E-state index contributed by atoms with van der Waals surface area (Å²) < 4.78 is 0. The van der Waals surface area contributed by atoms with Crippen molar-refractivity contribution in [3.63, 3.8) is 0 Å². The van der Waals surface area contributed by atoms with Crippen LogP contribution in [0.25, 0.3) is 16.8 Å². The van der Waals surface area contributed by atoms with E-state index in [0.717, 1.165) is 11.3 Å². The van der Waals surface area contributed by atoms with E-state index in [9.17, 15) is 0 Å². The average molecular weight is 235 g/mol. The van der Waals surface area contributed by atoms with Gasteiger partial charge >= 0.3 is 0 Å². The number of rotatable bonds is 2. The van der Waals surface area contributed by atoms with Crippen LogP contribution in [0, 0.1) is 26.2 Å². The van der Waals surface area contributed by atoms with Crippen LogP contribution in [-0.4, -0.2) is 0 Å². The van der Waals surface area contributed by atoms with Crippen molar-refractivity contribution in [1.29, 1.82) is 0 Å². The summed E-state index contributed by atoms with van der Waals surface area (Å²) in [6.07, 6.45) is 9.98. The van der Waals surface area contributed by atoms with Crippen molar-refractivity contribution >= 4 is 22.5 Å². The molecule has 0 unspecified atom stereocenters. The quantitative estimate of drug-likeness (QED) is 0.616. The number of terminal acetylenes is 1. The number of nitrogens with two attached hydrogens (primary N) is 1. The Hall–Kier alpha value is -2.20. The Labute approximate surface area is 108 Å². The molecular formula is C17H17N. The van der Waals surface area contributed by atoms with Crippen LogP contribution in [0.4, 0.5) is 5.69 Å². The predicted octanol–water partition coefficient (Wildman–Crippen LogP) is 4.08. The van der Waals surface area contributed by atoms with Crippen molar-refractivity contribution in [2.24, 2.45) is 0 Å². The predicted molar refractivity (Wildman–Crippen MR) is 80.3 cm³/mol. The molecule has 0 aliphatic heterocycles. The Bertz CT molecular complexity index is 657. The zero-order chi connectivity index (χ0) is 13.1. The van der Waals surface area contributed by atoms with Crippen molar-refractivity contribution in [1.82, 2.24) is 0 Å². The maximum Gasteiger partial charge on any atom is 0.0350 e. The lowest BCUT2D eigenvalue weighted by molar-refractivity contribution is 1.44. The van der Waals surface area contributed by atoms with E-state index in [-0.39, 0.29) is 0 Å². The van der Waals surface area contributed by atoms with Crippen LogP contribution in [0.3, 0.4) is 0 Å². The molecular weight excluding hydrogens is 218 g/mol. The Morgan fingerprint density at radius 1 is 1.11 bits per heavy atom. The molecule has 2 aromatic carbocycles. The third-order valence-electron chi connectivity index (χ3n) is 3.14. The SMILES string of the molecule is C#CC/C=C\c1cc2cc(N)c(C)cc2cc1C. The minimum Gasteiger partial charge on any atom is -0.398 e. The van der Waals surface area contributed by atoms with Crippen LogP contribution in [-0.2, 0) is 0 Å². The van der Waals surface area contributed by atoms with E-state index in [0.29, 0.717) is 6.42 Å². The van der Waals surface area contributed by atoms with Crippen LogP contribution in [0.15, 0.2) is 30.3 Å². The molecule has 0 saturated heterocycles. The first-order valence-corrected chi connectivity index (χ1v) is 6.02. The van der Waals surface area contributed by atoms with Crippen LogP contribution >= 0.6 is 0 Å². The summed E-state index contributed by atoms with van der Waals surface area (Å²) >= 11 is 0. The third kappa shape index (κ3) is 2.38. The largest absolute Gasteiger partial charge is 0.398 e. The van der Waals surface area contributed by atoms with Gasteiger partial charge in [-0.15, -0.1) is 12.3 Å². The van der Waals surface area contributed by atoms with Crippen LogP contribution in [0.2, 0.25) is 0 Å². The number of hydrogen-bond donors (Lipinski definition) is 1. The first-order chi connectivity index (χ1) is 8.61. The van der Waals surface area contributed by atoms with E-state index in [1.54, 1.807) is 0 Å². The van der Waals surface area contributed by atoms with Crippen molar-refractivity contribution in [2.75, 3.05) is 5.73 Å². The van der Waals surface area contributed by atoms with Crippen LogP contribution in [0.1, 0.15) is 23.1 Å². The maximum atomic E-state index is 5.95. The lowest BCUT2D eigenvalue weighted by atomic mass is 9.99. The molecule has 90 valence electrons. The van der Waals surface area contributed by atoms with E-state index in [1.807, 2.05) is 19.1 Å². The number of aryl methyl sites for hydroxylation is 2. The summed E-state index contributed by atoms with van der Waals surface area (Å²) in [7, 11) is 0. The summed E-state index contributed by atoms with van der Waals surface area (Å²) in [4.78, 5) is 0. The van der Waals surface area contributed by atoms with Gasteiger partial charge in [-0.1, -0.05) is 18.2 Å². The smallest absolute Gasteiger partial charge is 0.0350 e. The highest BCUT2D eigenvalue weighted by molar-refractivity contribution is 5.89. The van der Waals surface area contributed by atoms with Gasteiger partial charge in [0.15, 0.2) is 0 Å². The van der Waals surface area contributed by atoms with E-state index >= 15 is 0 Å². The van der Waals surface area contributed by atoms with Crippen molar-refractivity contribution in [2.45, 2.75) is 20.3 Å². The molecule has 0 aliphatic rings. The molecule has 0 fully saturated rings. The van der Waals surface area contributed by atoms with Gasteiger partial charge in [-0.05, 0) is 59.5 Å². The second-order valence-corrected chi connectivity index (χ2v) is 4.58. The van der Waals surface area contributed by atoms with E-state index in [2.05, 4.69) is 37.1 Å². The molecule has 0 atom stereocenters. The van der Waals surface area contributed by atoms with Gasteiger partial charge < -0.3 is 5.73 Å². The Morgan fingerprint density at radius 3 is 2.50 bits per heavy atom. The van der Waals surface area contributed by atoms with Crippen molar-refractivity contribution in [3.05, 3.63) is 47.0 Å². The molecule has 0 aromatic heterocycles. The van der Waals surface area contributed by atoms with Crippen LogP contribution in [0.5, 0.6) is 0 Å². The Kier molecular flexibility index (Phi) is 3.39. The molecule has 2 rings (SSSR count). The molecule has 1 heteroatoms. The fraction of sp³-hybridized carbons (Fsp3) is 0.176. The molecule has 2 N–H and O–H groups in total. The van der Waals surface area contributed by atoms with Gasteiger partial charge in [0, 0.05) is 12.1 Å². The zero-order valence-electron chi connectivity index (χ0n) is 10.8. The lowest BCUT2D eigenvalue weighted by Gasteiger charge is -2.07. The fourth-order valence-electron chi connectivity index (χ4n) is 2.05. The summed E-state index contributed by atoms with van der Waals surface area (Å²) in [6, 6.07) is 8.51. The lowest BCUT2D eigenvalue weighted by Crippen LogP contribution is -1.90. The monoisotopic (exact) mass is 235 g/mol. The first-order valence-electron chi connectivity index (χ1n) is 6.02. The Morgan fingerprint density at radius 2 is 1.78 bits per heavy atom. The molecule has 0 radical (unpaired) electrons. The van der Waals surface area contributed by atoms with Gasteiger partial charge in [0.1, 0.15) is 0 Å². The van der Waals surface area contributed by atoms with Crippen LogP contribution < -0.4 is 5.73 Å². The fourth-order valence-corrected chi connectivity index (χ4v) is 2.05. The molecule has 18 heavy (non-hydrogen) atoms. The van der Waals surface area contributed by atoms with Gasteiger partial charge in [0.2, 0.25) is 0 Å². The summed E-state index contributed by atoms with van der Waals surface area (Å²) in [5.74, 6) is 2.60. The second kappa shape index (κ2) is 4.98. The van der Waals surface area contributed by atoms with Gasteiger partial charge in [-0.2, -0.15) is 0 Å². The molecule has 0 saturated carbocycles. The van der Waals surface area contributed by atoms with Gasteiger partial charge in [0.25, 0.3) is 0 Å². The summed E-state index contributed by atoms with van der Waals surface area (Å²) in [5.41, 5.74) is 10.4. The van der Waals surface area contributed by atoms with Crippen molar-refractivity contribution < 1.29 is 0 Å². The van der Waals surface area contributed by atoms with Gasteiger partial charge in [0.05, 0.1) is 0 Å². The molecule has 0 heterocycles. The minimum atomic E-state index is 0.660. The molecule has 2 aromatic rings. The third-order valence-corrected chi connectivity index (χ3v) is 3.14. The number of nitrogen functional groups attached to an aromatic ring is 1. The summed E-state index contributed by atoms with van der Waals surface area (Å²) in [5, 5.41) is 2.40. The number of hydrogen-bond acceptors (Lipinski definition) is 1. The standard InChI is InChI=1S/C17H17N/c1-4-5-6-7-14-10-16-11-17(18)13(3)9-15(16)8-12(14)2/h1,6-11H,5,18H2,2-3H3/b7-6-. The highest BCUT2D eigenvalue weighted by atomic mass is 14.5. The van der Waals surface area contributed by atoms with E-state index in [4.69, 9.17) is 12.2 Å². The maximum absolute atomic E-state index is 5.95. The minimum absolute atomic E-state index is 0.660. The Balaban J connectivity index is 2.54. The number of allylic oxidation sites excluding steroid dienone is 1. The number of benzene rings is 2. The van der Waals surface area contributed by atoms with Gasteiger partial charge in [-0.25, -0.2) is 0 Å². The normalized spacial score (nSPS) is 10.9. The number of fused-ring (bicyclic) bond motifs is 1. The van der Waals surface area contributed by atoms with Crippen molar-refractivity contribution in [3.8, 4) is 12.3 Å². The molecule has 0 bridgehead atoms. The molecule has 0 aliphatic carbocycles. The molecule has 1 nitrogen and oxygen atoms in total. The zero-order valence-corrected chi connectivity index (χ0v) is 10.8. The van der Waals surface area contributed by atoms with E-state index < -0.39 is 0 Å². The highest BCUT2D eigenvalue weighted by Gasteiger charge is 2.02. The highest BCUT2D eigenvalue weighted by Crippen LogP contribution is 2.25. The number of anilines is 1. The first kappa shape index (κ1) is 12.3.